The van der Waals surface area contributed by atoms with E-state index in [1.807, 2.05) is 11.7 Å². The minimum absolute atomic E-state index is 0.387. The van der Waals surface area contributed by atoms with Crippen LogP contribution in [0.4, 0.5) is 0 Å². The highest BCUT2D eigenvalue weighted by molar-refractivity contribution is 5.14. The number of aryl methyl sites for hydroxylation is 2. The highest BCUT2D eigenvalue weighted by Gasteiger charge is 2.15. The fourth-order valence-electron chi connectivity index (χ4n) is 2.15. The number of aromatic nitrogens is 2. The van der Waals surface area contributed by atoms with Crippen LogP contribution in [0.2, 0.25) is 0 Å². The normalized spacial score (nSPS) is 12.9. The summed E-state index contributed by atoms with van der Waals surface area (Å²) in [6.45, 7) is 6.21. The molecule has 1 unspecified atom stereocenters. The van der Waals surface area contributed by atoms with Gasteiger partial charge in [-0.3, -0.25) is 4.68 Å². The SMILES string of the molecule is CCCNC(CCCOC)c1cc(CC)nn1C. The van der Waals surface area contributed by atoms with Crippen LogP contribution in [0.3, 0.4) is 0 Å². The second-order valence-corrected chi connectivity index (χ2v) is 4.68. The molecule has 0 spiro atoms. The topological polar surface area (TPSA) is 39.1 Å². The first-order valence-corrected chi connectivity index (χ1v) is 6.98. The van der Waals surface area contributed by atoms with Crippen molar-refractivity contribution in [3.8, 4) is 0 Å². The fraction of sp³-hybridized carbons (Fsp3) is 0.786. The minimum atomic E-state index is 0.387. The van der Waals surface area contributed by atoms with Crippen molar-refractivity contribution in [2.24, 2.45) is 7.05 Å². The molecule has 1 aromatic heterocycles. The zero-order valence-corrected chi connectivity index (χ0v) is 12.2. The molecule has 1 N–H and O–H groups in total. The van der Waals surface area contributed by atoms with Gasteiger partial charge in [-0.05, 0) is 38.3 Å². The first-order valence-electron chi connectivity index (χ1n) is 6.98. The van der Waals surface area contributed by atoms with Crippen LogP contribution < -0.4 is 5.32 Å². The molecule has 0 radical (unpaired) electrons. The lowest BCUT2D eigenvalue weighted by molar-refractivity contribution is 0.188. The third kappa shape index (κ3) is 4.42. The Morgan fingerprint density at radius 3 is 2.78 bits per heavy atom. The molecule has 18 heavy (non-hydrogen) atoms. The van der Waals surface area contributed by atoms with E-state index in [1.165, 1.54) is 11.4 Å². The zero-order valence-electron chi connectivity index (χ0n) is 12.2. The van der Waals surface area contributed by atoms with Gasteiger partial charge >= 0.3 is 0 Å². The lowest BCUT2D eigenvalue weighted by Crippen LogP contribution is -2.24. The molecule has 1 aromatic rings. The molecule has 0 bridgehead atoms. The number of methoxy groups -OCH3 is 1. The van der Waals surface area contributed by atoms with Gasteiger partial charge < -0.3 is 10.1 Å². The number of hydrogen-bond donors (Lipinski definition) is 1. The Labute approximate surface area is 111 Å². The van der Waals surface area contributed by atoms with E-state index in [9.17, 15) is 0 Å². The molecule has 1 heterocycles. The van der Waals surface area contributed by atoms with E-state index in [0.29, 0.717) is 6.04 Å². The van der Waals surface area contributed by atoms with Gasteiger partial charge in [0.1, 0.15) is 0 Å². The first kappa shape index (κ1) is 15.2. The van der Waals surface area contributed by atoms with Crippen molar-refractivity contribution >= 4 is 0 Å². The monoisotopic (exact) mass is 253 g/mol. The second-order valence-electron chi connectivity index (χ2n) is 4.68. The maximum Gasteiger partial charge on any atom is 0.0625 e. The van der Waals surface area contributed by atoms with Crippen molar-refractivity contribution in [1.29, 1.82) is 0 Å². The Hall–Kier alpha value is -0.870. The Morgan fingerprint density at radius 1 is 1.44 bits per heavy atom. The highest BCUT2D eigenvalue weighted by Crippen LogP contribution is 2.19. The molecule has 1 atom stereocenters. The molecular weight excluding hydrogens is 226 g/mol. The summed E-state index contributed by atoms with van der Waals surface area (Å²) in [5, 5.41) is 8.14. The van der Waals surface area contributed by atoms with E-state index in [4.69, 9.17) is 4.74 Å². The lowest BCUT2D eigenvalue weighted by atomic mass is 10.1. The lowest BCUT2D eigenvalue weighted by Gasteiger charge is -2.18. The highest BCUT2D eigenvalue weighted by atomic mass is 16.5. The largest absolute Gasteiger partial charge is 0.385 e. The molecule has 0 amide bonds. The number of hydrogen-bond acceptors (Lipinski definition) is 3. The molecule has 0 fully saturated rings. The third-order valence-electron chi connectivity index (χ3n) is 3.17. The van der Waals surface area contributed by atoms with Crippen LogP contribution in [0.1, 0.15) is 50.5 Å². The molecule has 1 rings (SSSR count). The van der Waals surface area contributed by atoms with Crippen LogP contribution in [-0.2, 0) is 18.2 Å². The standard InChI is InChI=1S/C14H27N3O/c1-5-9-15-13(8-7-10-18-4)14-11-12(6-2)16-17(14)3/h11,13,15H,5-10H2,1-4H3. The number of ether oxygens (including phenoxy) is 1. The van der Waals surface area contributed by atoms with Gasteiger partial charge in [-0.1, -0.05) is 13.8 Å². The molecule has 4 heteroatoms. The summed E-state index contributed by atoms with van der Waals surface area (Å²) < 4.78 is 7.15. The quantitative estimate of drug-likeness (QED) is 0.687. The summed E-state index contributed by atoms with van der Waals surface area (Å²) in [6.07, 6.45) is 4.31. The summed E-state index contributed by atoms with van der Waals surface area (Å²) in [6, 6.07) is 2.61. The minimum Gasteiger partial charge on any atom is -0.385 e. The van der Waals surface area contributed by atoms with Gasteiger partial charge in [0.2, 0.25) is 0 Å². The van der Waals surface area contributed by atoms with E-state index in [1.54, 1.807) is 7.11 Å². The van der Waals surface area contributed by atoms with Crippen LogP contribution in [-0.4, -0.2) is 30.0 Å². The van der Waals surface area contributed by atoms with Gasteiger partial charge in [0.25, 0.3) is 0 Å². The number of nitrogens with one attached hydrogen (secondary N) is 1. The molecular formula is C14H27N3O. The van der Waals surface area contributed by atoms with Crippen molar-refractivity contribution in [2.75, 3.05) is 20.3 Å². The predicted molar refractivity (Wildman–Crippen MR) is 74.7 cm³/mol. The fourth-order valence-corrected chi connectivity index (χ4v) is 2.15. The average Bonchev–Trinajstić information content (AvgIpc) is 2.75. The molecule has 0 aliphatic carbocycles. The van der Waals surface area contributed by atoms with Crippen LogP contribution in [0.5, 0.6) is 0 Å². The zero-order chi connectivity index (χ0) is 13.4. The maximum absolute atomic E-state index is 5.14. The van der Waals surface area contributed by atoms with Gasteiger partial charge in [-0.2, -0.15) is 5.10 Å². The molecule has 0 saturated carbocycles. The van der Waals surface area contributed by atoms with Gasteiger partial charge in [-0.25, -0.2) is 0 Å². The Bertz CT molecular complexity index is 336. The van der Waals surface area contributed by atoms with E-state index >= 15 is 0 Å². The average molecular weight is 253 g/mol. The third-order valence-corrected chi connectivity index (χ3v) is 3.17. The summed E-state index contributed by atoms with van der Waals surface area (Å²) in [7, 11) is 3.79. The maximum atomic E-state index is 5.14. The van der Waals surface area contributed by atoms with Gasteiger partial charge in [0.05, 0.1) is 11.4 Å². The Morgan fingerprint density at radius 2 is 2.22 bits per heavy atom. The van der Waals surface area contributed by atoms with E-state index in [-0.39, 0.29) is 0 Å². The summed E-state index contributed by atoms with van der Waals surface area (Å²) in [4.78, 5) is 0. The molecule has 0 saturated heterocycles. The summed E-state index contributed by atoms with van der Waals surface area (Å²) in [5.41, 5.74) is 2.46. The van der Waals surface area contributed by atoms with Crippen LogP contribution in [0.25, 0.3) is 0 Å². The summed E-state index contributed by atoms with van der Waals surface area (Å²) >= 11 is 0. The van der Waals surface area contributed by atoms with Gasteiger partial charge in [0, 0.05) is 26.8 Å². The predicted octanol–water partition coefficient (Wildman–Crippen LogP) is 2.45. The van der Waals surface area contributed by atoms with E-state index < -0.39 is 0 Å². The molecule has 0 aromatic carbocycles. The number of nitrogens with zero attached hydrogens (tertiary/aromatic N) is 2. The smallest absolute Gasteiger partial charge is 0.0625 e. The molecule has 104 valence electrons. The van der Waals surface area contributed by atoms with Crippen molar-refractivity contribution in [3.63, 3.8) is 0 Å². The van der Waals surface area contributed by atoms with Gasteiger partial charge in [0.15, 0.2) is 0 Å². The van der Waals surface area contributed by atoms with Crippen molar-refractivity contribution in [3.05, 3.63) is 17.5 Å². The van der Waals surface area contributed by atoms with Crippen LogP contribution in [0, 0.1) is 0 Å². The van der Waals surface area contributed by atoms with Crippen molar-refractivity contribution in [1.82, 2.24) is 15.1 Å². The second kappa shape index (κ2) is 8.27. The van der Waals surface area contributed by atoms with Crippen molar-refractivity contribution in [2.45, 2.75) is 45.6 Å². The van der Waals surface area contributed by atoms with Crippen LogP contribution in [0.15, 0.2) is 6.07 Å². The Balaban J connectivity index is 2.69. The van der Waals surface area contributed by atoms with Crippen LogP contribution >= 0.6 is 0 Å². The first-order chi connectivity index (χ1) is 8.72. The Kier molecular flexibility index (Phi) is 6.98. The molecule has 4 nitrogen and oxygen atoms in total. The van der Waals surface area contributed by atoms with E-state index in [0.717, 1.165) is 38.8 Å². The number of rotatable bonds is 9. The summed E-state index contributed by atoms with van der Waals surface area (Å²) in [5.74, 6) is 0. The van der Waals surface area contributed by atoms with E-state index in [2.05, 4.69) is 30.3 Å². The molecule has 0 aliphatic rings. The molecule has 0 aliphatic heterocycles. The van der Waals surface area contributed by atoms with Crippen molar-refractivity contribution < 1.29 is 4.74 Å². The van der Waals surface area contributed by atoms with Gasteiger partial charge in [-0.15, -0.1) is 0 Å².